The molecule has 7 nitrogen and oxygen atoms in total. The number of aryl methyl sites for hydroxylation is 1. The van der Waals surface area contributed by atoms with Crippen molar-refractivity contribution in [3.05, 3.63) is 118 Å². The first-order chi connectivity index (χ1) is 16.5. The quantitative estimate of drug-likeness (QED) is 0.428. The molecule has 4 rings (SSSR count). The Kier molecular flexibility index (Phi) is 7.03. The first kappa shape index (κ1) is 22.8. The molecule has 2 heterocycles. The van der Waals surface area contributed by atoms with Gasteiger partial charge in [0.1, 0.15) is 17.1 Å². The van der Waals surface area contributed by atoms with Gasteiger partial charge < -0.3 is 19.4 Å². The Hall–Kier alpha value is -4.39. The number of aromatic nitrogens is 2. The minimum atomic E-state index is -0.430. The number of hydrogen-bond donors (Lipinski definition) is 1. The molecule has 0 aliphatic rings. The topological polar surface area (TPSA) is 82.5 Å². The Morgan fingerprint density at radius 3 is 2.56 bits per heavy atom. The van der Waals surface area contributed by atoms with E-state index in [0.717, 1.165) is 16.7 Å². The van der Waals surface area contributed by atoms with Gasteiger partial charge in [-0.1, -0.05) is 42.0 Å². The zero-order chi connectivity index (χ0) is 23.9. The van der Waals surface area contributed by atoms with E-state index in [2.05, 4.69) is 10.3 Å². The summed E-state index contributed by atoms with van der Waals surface area (Å²) in [6, 6.07) is 21.9. The van der Waals surface area contributed by atoms with Crippen LogP contribution in [0, 0.1) is 6.92 Å². The monoisotopic (exact) mass is 455 g/mol. The number of carbonyl (C=O) groups excluding carboxylic acids is 1. The Labute approximate surface area is 197 Å². The van der Waals surface area contributed by atoms with Crippen molar-refractivity contribution in [2.24, 2.45) is 0 Å². The minimum Gasteiger partial charge on any atom is -0.497 e. The van der Waals surface area contributed by atoms with Crippen molar-refractivity contribution in [2.45, 2.75) is 20.0 Å². The molecule has 1 amide bonds. The van der Waals surface area contributed by atoms with E-state index >= 15 is 0 Å². The van der Waals surface area contributed by atoms with Gasteiger partial charge in [0, 0.05) is 31.1 Å². The lowest BCUT2D eigenvalue weighted by atomic mass is 10.1. The maximum absolute atomic E-state index is 12.8. The van der Waals surface area contributed by atoms with Crippen LogP contribution >= 0.6 is 0 Å². The van der Waals surface area contributed by atoms with Gasteiger partial charge in [0.05, 0.1) is 13.7 Å². The van der Waals surface area contributed by atoms with Crippen molar-refractivity contribution in [3.63, 3.8) is 0 Å². The standard InChI is InChI=1S/C27H25N3O4/c1-19-6-3-7-20(14-19)18-30-13-5-10-24(27(30)32)26(31)29-17-21-11-12-25(28-16-21)34-23-9-4-8-22(15-23)33-2/h3-16H,17-18H2,1-2H3,(H,29,31). The molecule has 4 aromatic rings. The molecule has 1 N–H and O–H groups in total. The van der Waals surface area contributed by atoms with Gasteiger partial charge in [-0.05, 0) is 42.3 Å². The van der Waals surface area contributed by atoms with Gasteiger partial charge >= 0.3 is 0 Å². The first-order valence-corrected chi connectivity index (χ1v) is 10.8. The molecule has 34 heavy (non-hydrogen) atoms. The lowest BCUT2D eigenvalue weighted by molar-refractivity contribution is 0.0948. The largest absolute Gasteiger partial charge is 0.497 e. The van der Waals surface area contributed by atoms with E-state index in [1.165, 1.54) is 10.6 Å². The summed E-state index contributed by atoms with van der Waals surface area (Å²) in [6.07, 6.45) is 3.31. The number of nitrogens with one attached hydrogen (secondary N) is 1. The maximum atomic E-state index is 12.8. The summed E-state index contributed by atoms with van der Waals surface area (Å²) >= 11 is 0. The average molecular weight is 456 g/mol. The third kappa shape index (κ3) is 5.69. The number of rotatable bonds is 8. The highest BCUT2D eigenvalue weighted by molar-refractivity contribution is 5.93. The van der Waals surface area contributed by atoms with Crippen LogP contribution in [0.4, 0.5) is 0 Å². The van der Waals surface area contributed by atoms with Gasteiger partial charge in [0.25, 0.3) is 11.5 Å². The molecule has 2 aromatic carbocycles. The first-order valence-electron chi connectivity index (χ1n) is 10.8. The van der Waals surface area contributed by atoms with Crippen LogP contribution in [0.25, 0.3) is 0 Å². The van der Waals surface area contributed by atoms with E-state index in [0.29, 0.717) is 23.9 Å². The summed E-state index contributed by atoms with van der Waals surface area (Å²) in [6.45, 7) is 2.64. The molecule has 0 fully saturated rings. The molecule has 0 saturated heterocycles. The van der Waals surface area contributed by atoms with E-state index < -0.39 is 5.91 Å². The summed E-state index contributed by atoms with van der Waals surface area (Å²) in [4.78, 5) is 29.8. The van der Waals surface area contributed by atoms with Crippen LogP contribution in [0.2, 0.25) is 0 Å². The molecule has 2 aromatic heterocycles. The molecular formula is C27H25N3O4. The number of pyridine rings is 2. The van der Waals surface area contributed by atoms with Crippen molar-refractivity contribution in [2.75, 3.05) is 7.11 Å². The van der Waals surface area contributed by atoms with Gasteiger partial charge in [-0.2, -0.15) is 0 Å². The van der Waals surface area contributed by atoms with Crippen molar-refractivity contribution >= 4 is 5.91 Å². The van der Waals surface area contributed by atoms with Gasteiger partial charge in [0.2, 0.25) is 5.88 Å². The van der Waals surface area contributed by atoms with E-state index in [1.54, 1.807) is 37.7 Å². The number of benzene rings is 2. The van der Waals surface area contributed by atoms with Crippen molar-refractivity contribution in [3.8, 4) is 17.4 Å². The summed E-state index contributed by atoms with van der Waals surface area (Å²) in [5, 5.41) is 2.79. The molecule has 0 radical (unpaired) electrons. The van der Waals surface area contributed by atoms with Gasteiger partial charge in [0.15, 0.2) is 0 Å². The lowest BCUT2D eigenvalue weighted by Crippen LogP contribution is -2.32. The van der Waals surface area contributed by atoms with E-state index in [-0.39, 0.29) is 17.7 Å². The minimum absolute atomic E-state index is 0.0982. The summed E-state index contributed by atoms with van der Waals surface area (Å²) in [5.41, 5.74) is 2.67. The van der Waals surface area contributed by atoms with Crippen LogP contribution < -0.4 is 20.3 Å². The van der Waals surface area contributed by atoms with Crippen LogP contribution in [0.15, 0.2) is 90.0 Å². The summed E-state index contributed by atoms with van der Waals surface area (Å²) < 4.78 is 12.5. The smallest absolute Gasteiger partial charge is 0.263 e. The Morgan fingerprint density at radius 1 is 0.971 bits per heavy atom. The predicted octanol–water partition coefficient (Wildman–Crippen LogP) is 4.33. The Balaban J connectivity index is 1.38. The van der Waals surface area contributed by atoms with Crippen LogP contribution in [0.5, 0.6) is 17.4 Å². The number of amides is 1. The predicted molar refractivity (Wildman–Crippen MR) is 129 cm³/mol. The highest BCUT2D eigenvalue weighted by atomic mass is 16.5. The molecule has 172 valence electrons. The molecule has 0 spiro atoms. The Morgan fingerprint density at radius 2 is 1.79 bits per heavy atom. The molecule has 0 bridgehead atoms. The number of hydrogen-bond acceptors (Lipinski definition) is 5. The van der Waals surface area contributed by atoms with Gasteiger partial charge in [-0.25, -0.2) is 4.98 Å². The highest BCUT2D eigenvalue weighted by Gasteiger charge is 2.12. The fraction of sp³-hybridized carbons (Fsp3) is 0.148. The zero-order valence-corrected chi connectivity index (χ0v) is 19.0. The Bertz CT molecular complexity index is 1350. The van der Waals surface area contributed by atoms with Crippen molar-refractivity contribution in [1.29, 1.82) is 0 Å². The van der Waals surface area contributed by atoms with E-state index in [4.69, 9.17) is 9.47 Å². The van der Waals surface area contributed by atoms with Crippen LogP contribution in [-0.2, 0) is 13.1 Å². The second kappa shape index (κ2) is 10.5. The van der Waals surface area contributed by atoms with E-state index in [9.17, 15) is 9.59 Å². The number of carbonyl (C=O) groups is 1. The second-order valence-electron chi connectivity index (χ2n) is 7.81. The van der Waals surface area contributed by atoms with E-state index in [1.807, 2.05) is 55.5 Å². The molecule has 0 saturated carbocycles. The normalized spacial score (nSPS) is 10.5. The van der Waals surface area contributed by atoms with Gasteiger partial charge in [-0.15, -0.1) is 0 Å². The van der Waals surface area contributed by atoms with Crippen LogP contribution in [-0.4, -0.2) is 22.6 Å². The average Bonchev–Trinajstić information content (AvgIpc) is 2.85. The molecule has 0 aliphatic heterocycles. The number of nitrogens with zero attached hydrogens (tertiary/aromatic N) is 2. The number of ether oxygens (including phenoxy) is 2. The maximum Gasteiger partial charge on any atom is 0.263 e. The van der Waals surface area contributed by atoms with Crippen LogP contribution in [0.1, 0.15) is 27.0 Å². The van der Waals surface area contributed by atoms with Crippen molar-refractivity contribution in [1.82, 2.24) is 14.9 Å². The molecule has 0 atom stereocenters. The fourth-order valence-corrected chi connectivity index (χ4v) is 3.48. The van der Waals surface area contributed by atoms with Gasteiger partial charge in [-0.3, -0.25) is 9.59 Å². The molecule has 0 unspecified atom stereocenters. The second-order valence-corrected chi connectivity index (χ2v) is 7.81. The zero-order valence-electron chi connectivity index (χ0n) is 19.0. The SMILES string of the molecule is COc1cccc(Oc2ccc(CNC(=O)c3cccn(Cc4cccc(C)c4)c3=O)cn2)c1. The van der Waals surface area contributed by atoms with Crippen LogP contribution in [0.3, 0.4) is 0 Å². The number of methoxy groups -OCH3 is 1. The lowest BCUT2D eigenvalue weighted by Gasteiger charge is -2.10. The molecule has 7 heteroatoms. The fourth-order valence-electron chi connectivity index (χ4n) is 3.48. The highest BCUT2D eigenvalue weighted by Crippen LogP contribution is 2.23. The van der Waals surface area contributed by atoms with Crippen molar-refractivity contribution < 1.29 is 14.3 Å². The molecule has 0 aliphatic carbocycles. The third-order valence-electron chi connectivity index (χ3n) is 5.21. The summed E-state index contributed by atoms with van der Waals surface area (Å²) in [7, 11) is 1.59. The third-order valence-corrected chi connectivity index (χ3v) is 5.21. The molecular weight excluding hydrogens is 430 g/mol. The summed E-state index contributed by atoms with van der Waals surface area (Å²) in [5.74, 6) is 1.29.